The molecule has 0 spiro atoms. The van der Waals surface area contributed by atoms with Gasteiger partial charge in [-0.15, -0.1) is 0 Å². The topological polar surface area (TPSA) is 52.6 Å². The van der Waals surface area contributed by atoms with Crippen LogP contribution in [0.25, 0.3) is 0 Å². The molecule has 1 aliphatic heterocycles. The third-order valence-electron chi connectivity index (χ3n) is 5.40. The number of hydrogen-bond acceptors (Lipinski definition) is 2. The molecule has 2 atom stereocenters. The molecule has 1 aromatic rings. The second kappa shape index (κ2) is 7.82. The smallest absolute Gasteiger partial charge is 0.318 e. The zero-order valence-corrected chi connectivity index (χ0v) is 13.8. The van der Waals surface area contributed by atoms with Gasteiger partial charge in [0.1, 0.15) is 0 Å². The highest BCUT2D eigenvalue weighted by Gasteiger charge is 2.37. The summed E-state index contributed by atoms with van der Waals surface area (Å²) in [5.74, 6) is 0.718. The predicted molar refractivity (Wildman–Crippen MR) is 91.1 cm³/mol. The van der Waals surface area contributed by atoms with Crippen molar-refractivity contribution in [3.63, 3.8) is 0 Å². The van der Waals surface area contributed by atoms with Crippen LogP contribution in [0.4, 0.5) is 4.79 Å². The van der Waals surface area contributed by atoms with Crippen LogP contribution in [0.1, 0.15) is 56.6 Å². The molecule has 2 fully saturated rings. The van der Waals surface area contributed by atoms with E-state index in [2.05, 4.69) is 22.3 Å². The number of amides is 2. The van der Waals surface area contributed by atoms with Crippen LogP contribution < -0.4 is 5.32 Å². The van der Waals surface area contributed by atoms with Gasteiger partial charge in [-0.25, -0.2) is 4.79 Å². The van der Waals surface area contributed by atoms with Crippen molar-refractivity contribution in [1.82, 2.24) is 10.2 Å². The lowest BCUT2D eigenvalue weighted by Gasteiger charge is -2.37. The van der Waals surface area contributed by atoms with E-state index in [9.17, 15) is 4.79 Å². The van der Waals surface area contributed by atoms with Gasteiger partial charge in [0.2, 0.25) is 0 Å². The van der Waals surface area contributed by atoms with Gasteiger partial charge in [-0.3, -0.25) is 0 Å². The molecule has 1 aromatic carbocycles. The van der Waals surface area contributed by atoms with Crippen LogP contribution in [0.3, 0.4) is 0 Å². The molecule has 2 N–H and O–H groups in total. The van der Waals surface area contributed by atoms with E-state index in [1.807, 2.05) is 18.2 Å². The van der Waals surface area contributed by atoms with E-state index in [1.165, 1.54) is 19.3 Å². The predicted octanol–water partition coefficient (Wildman–Crippen LogP) is 3.47. The maximum atomic E-state index is 12.8. The Labute approximate surface area is 138 Å². The minimum atomic E-state index is -0.0153. The average Bonchev–Trinajstić information content (AvgIpc) is 2.99. The van der Waals surface area contributed by atoms with Crippen LogP contribution in [0.5, 0.6) is 0 Å². The summed E-state index contributed by atoms with van der Waals surface area (Å²) in [5, 5.41) is 12.4. The second-order valence-electron chi connectivity index (χ2n) is 6.87. The lowest BCUT2D eigenvalue weighted by molar-refractivity contribution is 0.136. The molecule has 0 unspecified atom stereocenters. The number of carbonyl (C=O) groups excluding carboxylic acids is 1. The molecule has 126 valence electrons. The summed E-state index contributed by atoms with van der Waals surface area (Å²) in [6.07, 6.45) is 7.63. The number of urea groups is 1. The van der Waals surface area contributed by atoms with E-state index in [0.29, 0.717) is 12.5 Å². The van der Waals surface area contributed by atoms with Gasteiger partial charge in [-0.1, -0.05) is 36.8 Å². The summed E-state index contributed by atoms with van der Waals surface area (Å²) < 4.78 is 0. The number of nitrogens with one attached hydrogen (secondary N) is 1. The Hall–Kier alpha value is -1.55. The van der Waals surface area contributed by atoms with Gasteiger partial charge < -0.3 is 15.3 Å². The monoisotopic (exact) mass is 316 g/mol. The molecule has 0 aromatic heterocycles. The van der Waals surface area contributed by atoms with Crippen molar-refractivity contribution in [2.24, 2.45) is 5.92 Å². The molecule has 0 bridgehead atoms. The maximum Gasteiger partial charge on any atom is 0.318 e. The number of likely N-dealkylation sites (tertiary alicyclic amines) is 1. The Morgan fingerprint density at radius 2 is 2.00 bits per heavy atom. The molecule has 3 rings (SSSR count). The van der Waals surface area contributed by atoms with Crippen molar-refractivity contribution in [1.29, 1.82) is 0 Å². The van der Waals surface area contributed by atoms with Gasteiger partial charge in [-0.2, -0.15) is 0 Å². The molecule has 23 heavy (non-hydrogen) atoms. The van der Waals surface area contributed by atoms with Crippen molar-refractivity contribution >= 4 is 6.03 Å². The zero-order valence-electron chi connectivity index (χ0n) is 13.8. The van der Waals surface area contributed by atoms with Crippen LogP contribution in [0.2, 0.25) is 0 Å². The van der Waals surface area contributed by atoms with Gasteiger partial charge in [0.25, 0.3) is 0 Å². The number of carbonyl (C=O) groups is 1. The number of nitrogens with zero attached hydrogens (tertiary/aromatic N) is 1. The fourth-order valence-electron chi connectivity index (χ4n) is 3.89. The molecule has 2 aliphatic rings. The first-order valence-electron chi connectivity index (χ1n) is 9.02. The summed E-state index contributed by atoms with van der Waals surface area (Å²) >= 11 is 0. The first-order valence-corrected chi connectivity index (χ1v) is 9.02. The number of hydrogen-bond donors (Lipinski definition) is 2. The van der Waals surface area contributed by atoms with E-state index in [0.717, 1.165) is 37.3 Å². The minimum Gasteiger partial charge on any atom is -0.396 e. The standard InChI is InChI=1S/C19H28N2O2/c22-14-6-11-17(15-7-2-1-3-8-15)20-19(23)21-13-5-12-18(21)16-9-4-10-16/h1-3,7-8,16-18,22H,4-6,9-14H2,(H,20,23)/t17-,18-/m1/s1. The van der Waals surface area contributed by atoms with E-state index in [-0.39, 0.29) is 18.7 Å². The molecule has 4 heteroatoms. The summed E-state index contributed by atoms with van der Waals surface area (Å²) in [4.78, 5) is 14.9. The third kappa shape index (κ3) is 3.86. The Balaban J connectivity index is 1.65. The third-order valence-corrected chi connectivity index (χ3v) is 5.40. The molecule has 1 saturated heterocycles. The first-order chi connectivity index (χ1) is 11.3. The second-order valence-corrected chi connectivity index (χ2v) is 6.87. The molecule has 1 saturated carbocycles. The van der Waals surface area contributed by atoms with Gasteiger partial charge in [0.15, 0.2) is 0 Å². The number of rotatable bonds is 6. The fourth-order valence-corrected chi connectivity index (χ4v) is 3.89. The highest BCUT2D eigenvalue weighted by atomic mass is 16.3. The molecule has 4 nitrogen and oxygen atoms in total. The normalized spacial score (nSPS) is 22.7. The molecule has 1 aliphatic carbocycles. The average molecular weight is 316 g/mol. The lowest BCUT2D eigenvalue weighted by Crippen LogP contribution is -2.48. The zero-order chi connectivity index (χ0) is 16.1. The van der Waals surface area contributed by atoms with Crippen molar-refractivity contribution in [2.45, 2.75) is 57.0 Å². The molecular weight excluding hydrogens is 288 g/mol. The Morgan fingerprint density at radius 1 is 1.22 bits per heavy atom. The van der Waals surface area contributed by atoms with Crippen molar-refractivity contribution in [3.05, 3.63) is 35.9 Å². The van der Waals surface area contributed by atoms with Crippen LogP contribution >= 0.6 is 0 Å². The number of benzene rings is 1. The van der Waals surface area contributed by atoms with Crippen molar-refractivity contribution in [2.75, 3.05) is 13.2 Å². The van der Waals surface area contributed by atoms with Crippen molar-refractivity contribution < 1.29 is 9.90 Å². The van der Waals surface area contributed by atoms with Crippen LogP contribution in [-0.2, 0) is 0 Å². The summed E-state index contributed by atoms with van der Waals surface area (Å²) in [6.45, 7) is 1.04. The quantitative estimate of drug-likeness (QED) is 0.844. The molecule has 1 heterocycles. The summed E-state index contributed by atoms with van der Waals surface area (Å²) in [7, 11) is 0. The van der Waals surface area contributed by atoms with Gasteiger partial charge in [0.05, 0.1) is 6.04 Å². The Morgan fingerprint density at radius 3 is 2.65 bits per heavy atom. The van der Waals surface area contributed by atoms with Crippen molar-refractivity contribution in [3.8, 4) is 0 Å². The number of aliphatic hydroxyl groups is 1. The first kappa shape index (κ1) is 16.3. The van der Waals surface area contributed by atoms with Crippen LogP contribution in [-0.4, -0.2) is 35.2 Å². The number of aliphatic hydroxyl groups excluding tert-OH is 1. The Bertz CT molecular complexity index is 501. The van der Waals surface area contributed by atoms with E-state index >= 15 is 0 Å². The van der Waals surface area contributed by atoms with E-state index in [1.54, 1.807) is 0 Å². The van der Waals surface area contributed by atoms with Gasteiger partial charge in [-0.05, 0) is 50.0 Å². The Kier molecular flexibility index (Phi) is 5.55. The van der Waals surface area contributed by atoms with Crippen LogP contribution in [0, 0.1) is 5.92 Å². The van der Waals surface area contributed by atoms with Crippen LogP contribution in [0.15, 0.2) is 30.3 Å². The van der Waals surface area contributed by atoms with E-state index < -0.39 is 0 Å². The largest absolute Gasteiger partial charge is 0.396 e. The van der Waals surface area contributed by atoms with Gasteiger partial charge in [0, 0.05) is 19.2 Å². The minimum absolute atomic E-state index is 0.0153. The maximum absolute atomic E-state index is 12.8. The SMILES string of the molecule is O=C(N[C@H](CCCO)c1ccccc1)N1CCC[C@@H]1C1CCC1. The summed E-state index contributed by atoms with van der Waals surface area (Å²) in [5.41, 5.74) is 1.12. The van der Waals surface area contributed by atoms with E-state index in [4.69, 9.17) is 5.11 Å². The lowest BCUT2D eigenvalue weighted by atomic mass is 9.79. The highest BCUT2D eigenvalue weighted by Crippen LogP contribution is 2.37. The summed E-state index contributed by atoms with van der Waals surface area (Å²) in [6, 6.07) is 10.6. The molecule has 2 amide bonds. The molecular formula is C19H28N2O2. The fraction of sp³-hybridized carbons (Fsp3) is 0.632. The van der Waals surface area contributed by atoms with Gasteiger partial charge >= 0.3 is 6.03 Å². The molecule has 0 radical (unpaired) electrons. The highest BCUT2D eigenvalue weighted by molar-refractivity contribution is 5.75.